The van der Waals surface area contributed by atoms with Crippen molar-refractivity contribution in [1.82, 2.24) is 15.7 Å². The summed E-state index contributed by atoms with van der Waals surface area (Å²) in [5, 5.41) is 20.9. The third-order valence-corrected chi connectivity index (χ3v) is 6.21. The fourth-order valence-electron chi connectivity index (χ4n) is 4.45. The second-order valence-electron chi connectivity index (χ2n) is 8.39. The third-order valence-electron chi connectivity index (χ3n) is 6.21. The average molecular weight is 449 g/mol. The van der Waals surface area contributed by atoms with Gasteiger partial charge in [0.1, 0.15) is 6.10 Å². The number of carbonyl (C=O) groups excluding carboxylic acids is 3. The molecule has 3 amide bonds. The minimum atomic E-state index is -0.756. The highest BCUT2D eigenvalue weighted by molar-refractivity contribution is 5.87. The van der Waals surface area contributed by atoms with Crippen molar-refractivity contribution in [1.29, 1.82) is 0 Å². The van der Waals surface area contributed by atoms with Crippen molar-refractivity contribution < 1.29 is 29.4 Å². The summed E-state index contributed by atoms with van der Waals surface area (Å²) in [6.07, 6.45) is -0.176. The van der Waals surface area contributed by atoms with Crippen molar-refractivity contribution in [2.75, 3.05) is 37.7 Å². The largest absolute Gasteiger partial charge is 0.444 e. The Balaban J connectivity index is 1.58. The molecule has 1 saturated heterocycles. The zero-order valence-corrected chi connectivity index (χ0v) is 18.3. The van der Waals surface area contributed by atoms with Crippen LogP contribution in [0.15, 0.2) is 30.3 Å². The van der Waals surface area contributed by atoms with Gasteiger partial charge in [-0.1, -0.05) is 18.2 Å². The lowest BCUT2D eigenvalue weighted by molar-refractivity contribution is -0.147. The molecule has 0 spiro atoms. The molecular weight excluding hydrogens is 416 g/mol. The molecule has 1 heterocycles. The molecule has 32 heavy (non-hydrogen) atoms. The van der Waals surface area contributed by atoms with Crippen LogP contribution >= 0.6 is 0 Å². The molecule has 1 aliphatic carbocycles. The lowest BCUT2D eigenvalue weighted by Crippen LogP contribution is -2.54. The fraction of sp³-hybridized carbons (Fsp3) is 0.591. The Morgan fingerprint density at radius 3 is 2.41 bits per heavy atom. The molecule has 4 atom stereocenters. The third kappa shape index (κ3) is 5.89. The first kappa shape index (κ1) is 23.8. The minimum absolute atomic E-state index is 0.0961. The average Bonchev–Trinajstić information content (AvgIpc) is 2.83. The number of amides is 3. The Hall–Kier alpha value is -2.85. The van der Waals surface area contributed by atoms with E-state index in [1.165, 1.54) is 0 Å². The molecule has 1 saturated carbocycles. The number of piperazine rings is 1. The molecule has 1 aromatic carbocycles. The van der Waals surface area contributed by atoms with E-state index < -0.39 is 29.9 Å². The normalized spacial score (nSPS) is 24.4. The lowest BCUT2D eigenvalue weighted by atomic mass is 9.75. The molecule has 4 N–H and O–H groups in total. The Morgan fingerprint density at radius 1 is 1.09 bits per heavy atom. The standard InChI is InChI=1S/C22H32N4O6/c1-15(14-27)32-22(30)23-16-7-8-18(19(13-16)20(28)24-31)21(29)26-11-9-25(10-12-26)17-5-3-2-4-6-17/h2-6,15-16,18-19,27,31H,7-14H2,1H3,(H,23,30)(H,24,28)/t15-,16?,18+,19+/m1/s1. The van der Waals surface area contributed by atoms with Gasteiger partial charge in [-0.15, -0.1) is 0 Å². The van der Waals surface area contributed by atoms with Gasteiger partial charge in [-0.05, 0) is 38.3 Å². The molecule has 1 aliphatic heterocycles. The SMILES string of the molecule is C[C@H](CO)OC(=O)NC1CC[C@H](C(=O)N2CCN(c3ccccc3)CC2)[C@@H](C(=O)NO)C1. The zero-order chi connectivity index (χ0) is 23.1. The van der Waals surface area contributed by atoms with Gasteiger partial charge in [-0.3, -0.25) is 14.8 Å². The quantitative estimate of drug-likeness (QED) is 0.373. The number of para-hydroxylation sites is 1. The van der Waals surface area contributed by atoms with E-state index in [9.17, 15) is 19.6 Å². The smallest absolute Gasteiger partial charge is 0.407 e. The lowest BCUT2D eigenvalue weighted by Gasteiger charge is -2.40. The van der Waals surface area contributed by atoms with Gasteiger partial charge in [0.05, 0.1) is 12.5 Å². The van der Waals surface area contributed by atoms with Crippen LogP contribution in [0.1, 0.15) is 26.2 Å². The molecule has 2 aliphatic rings. The molecular formula is C22H32N4O6. The Kier molecular flexibility index (Phi) is 8.29. The number of hydrogen-bond acceptors (Lipinski definition) is 7. The summed E-state index contributed by atoms with van der Waals surface area (Å²) >= 11 is 0. The van der Waals surface area contributed by atoms with Crippen LogP contribution < -0.4 is 15.7 Å². The van der Waals surface area contributed by atoms with Gasteiger partial charge in [0.2, 0.25) is 11.8 Å². The molecule has 3 rings (SSSR count). The topological polar surface area (TPSA) is 131 Å². The Bertz CT molecular complexity index is 784. The summed E-state index contributed by atoms with van der Waals surface area (Å²) in [5.74, 6) is -2.04. The second kappa shape index (κ2) is 11.1. The van der Waals surface area contributed by atoms with E-state index in [0.717, 1.165) is 5.69 Å². The number of nitrogens with zero attached hydrogens (tertiary/aromatic N) is 2. The van der Waals surface area contributed by atoms with Crippen molar-refractivity contribution in [3.8, 4) is 0 Å². The van der Waals surface area contributed by atoms with Gasteiger partial charge < -0.3 is 25.0 Å². The van der Waals surface area contributed by atoms with Crippen LogP contribution in [0.3, 0.4) is 0 Å². The number of hydrogen-bond donors (Lipinski definition) is 4. The number of aliphatic hydroxyl groups is 1. The number of alkyl carbamates (subject to hydrolysis) is 1. The first-order valence-electron chi connectivity index (χ1n) is 11.0. The highest BCUT2D eigenvalue weighted by Gasteiger charge is 2.42. The number of aliphatic hydroxyl groups excluding tert-OH is 1. The summed E-state index contributed by atoms with van der Waals surface area (Å²) in [6, 6.07) is 9.65. The van der Waals surface area contributed by atoms with Gasteiger partial charge in [-0.25, -0.2) is 10.3 Å². The summed E-state index contributed by atoms with van der Waals surface area (Å²) in [5.41, 5.74) is 2.79. The van der Waals surface area contributed by atoms with Gasteiger partial charge in [0, 0.05) is 43.8 Å². The zero-order valence-electron chi connectivity index (χ0n) is 18.3. The molecule has 10 heteroatoms. The van der Waals surface area contributed by atoms with Gasteiger partial charge in [-0.2, -0.15) is 0 Å². The number of hydroxylamine groups is 1. The van der Waals surface area contributed by atoms with Crippen LogP contribution in [-0.4, -0.2) is 78.1 Å². The number of nitrogens with one attached hydrogen (secondary N) is 2. The first-order chi connectivity index (χ1) is 15.4. The maximum atomic E-state index is 13.2. The van der Waals surface area contributed by atoms with Crippen molar-refractivity contribution >= 4 is 23.6 Å². The van der Waals surface area contributed by atoms with Crippen LogP contribution in [-0.2, 0) is 14.3 Å². The molecule has 0 bridgehead atoms. The Morgan fingerprint density at radius 2 is 1.78 bits per heavy atom. The molecule has 176 valence electrons. The predicted octanol–water partition coefficient (Wildman–Crippen LogP) is 0.733. The predicted molar refractivity (Wildman–Crippen MR) is 116 cm³/mol. The van der Waals surface area contributed by atoms with E-state index in [-0.39, 0.29) is 25.0 Å². The molecule has 1 unspecified atom stereocenters. The van der Waals surface area contributed by atoms with Crippen molar-refractivity contribution in [2.24, 2.45) is 11.8 Å². The van der Waals surface area contributed by atoms with E-state index in [2.05, 4.69) is 10.2 Å². The fourth-order valence-corrected chi connectivity index (χ4v) is 4.45. The molecule has 10 nitrogen and oxygen atoms in total. The summed E-state index contributed by atoms with van der Waals surface area (Å²) in [7, 11) is 0. The van der Waals surface area contributed by atoms with E-state index in [0.29, 0.717) is 39.0 Å². The van der Waals surface area contributed by atoms with Crippen LogP contribution in [0.5, 0.6) is 0 Å². The van der Waals surface area contributed by atoms with Crippen molar-refractivity contribution in [3.05, 3.63) is 30.3 Å². The van der Waals surface area contributed by atoms with E-state index in [4.69, 9.17) is 9.84 Å². The van der Waals surface area contributed by atoms with Gasteiger partial charge >= 0.3 is 6.09 Å². The van der Waals surface area contributed by atoms with Crippen LogP contribution in [0.4, 0.5) is 10.5 Å². The van der Waals surface area contributed by atoms with Gasteiger partial charge in [0.25, 0.3) is 0 Å². The Labute approximate surface area is 187 Å². The summed E-state index contributed by atoms with van der Waals surface area (Å²) in [4.78, 5) is 41.6. The van der Waals surface area contributed by atoms with Gasteiger partial charge in [0.15, 0.2) is 0 Å². The number of benzene rings is 1. The molecule has 1 aromatic rings. The number of carbonyl (C=O) groups is 3. The minimum Gasteiger partial charge on any atom is -0.444 e. The highest BCUT2D eigenvalue weighted by Crippen LogP contribution is 2.33. The first-order valence-corrected chi connectivity index (χ1v) is 11.0. The number of ether oxygens (including phenoxy) is 1. The molecule has 0 radical (unpaired) electrons. The molecule has 0 aromatic heterocycles. The van der Waals surface area contributed by atoms with E-state index in [1.54, 1.807) is 17.3 Å². The second-order valence-corrected chi connectivity index (χ2v) is 8.39. The number of rotatable bonds is 6. The van der Waals surface area contributed by atoms with Crippen LogP contribution in [0, 0.1) is 11.8 Å². The maximum Gasteiger partial charge on any atom is 0.407 e. The highest BCUT2D eigenvalue weighted by atomic mass is 16.6. The van der Waals surface area contributed by atoms with Crippen molar-refractivity contribution in [3.63, 3.8) is 0 Å². The van der Waals surface area contributed by atoms with E-state index >= 15 is 0 Å². The summed E-state index contributed by atoms with van der Waals surface area (Å²) < 4.78 is 5.01. The van der Waals surface area contributed by atoms with Crippen molar-refractivity contribution in [2.45, 2.75) is 38.3 Å². The van der Waals surface area contributed by atoms with E-state index in [1.807, 2.05) is 30.3 Å². The van der Waals surface area contributed by atoms with Crippen LogP contribution in [0.2, 0.25) is 0 Å². The monoisotopic (exact) mass is 448 g/mol. The van der Waals surface area contributed by atoms with Crippen LogP contribution in [0.25, 0.3) is 0 Å². The number of anilines is 1. The maximum absolute atomic E-state index is 13.2. The molecule has 2 fully saturated rings. The summed E-state index contributed by atoms with van der Waals surface area (Å²) in [6.45, 7) is 3.81.